The molecule has 0 unspecified atom stereocenters. The summed E-state index contributed by atoms with van der Waals surface area (Å²) in [5.74, 6) is -0.105. The molecule has 3 aromatic rings. The van der Waals surface area contributed by atoms with Crippen LogP contribution in [0.2, 0.25) is 0 Å². The van der Waals surface area contributed by atoms with Gasteiger partial charge in [0, 0.05) is 22.3 Å². The molecule has 0 atom stereocenters. The zero-order valence-electron chi connectivity index (χ0n) is 15.4. The van der Waals surface area contributed by atoms with Crippen LogP contribution in [0.1, 0.15) is 16.7 Å². The van der Waals surface area contributed by atoms with E-state index in [1.165, 1.54) is 5.56 Å². The Bertz CT molecular complexity index is 1040. The quantitative estimate of drug-likeness (QED) is 0.490. The normalized spacial score (nSPS) is 14.4. The minimum atomic E-state index is -0.105. The molecule has 0 aliphatic carbocycles. The number of anilines is 2. The van der Waals surface area contributed by atoms with Gasteiger partial charge in [0.05, 0.1) is 17.0 Å². The summed E-state index contributed by atoms with van der Waals surface area (Å²) in [4.78, 5) is 12.9. The molecule has 4 rings (SSSR count). The molecule has 1 amide bonds. The van der Waals surface area contributed by atoms with E-state index in [9.17, 15) is 4.79 Å². The van der Waals surface area contributed by atoms with Crippen LogP contribution < -0.4 is 16.0 Å². The Morgan fingerprint density at radius 2 is 1.75 bits per heavy atom. The van der Waals surface area contributed by atoms with E-state index in [4.69, 9.17) is 0 Å². The molecule has 0 spiro atoms. The van der Waals surface area contributed by atoms with Crippen molar-refractivity contribution in [2.24, 2.45) is 0 Å². The van der Waals surface area contributed by atoms with Gasteiger partial charge >= 0.3 is 0 Å². The number of rotatable bonds is 5. The van der Waals surface area contributed by atoms with Gasteiger partial charge in [0.15, 0.2) is 0 Å². The van der Waals surface area contributed by atoms with Crippen molar-refractivity contribution < 1.29 is 4.79 Å². The molecule has 0 saturated heterocycles. The molecular formula is C23H20BrN3O. The third kappa shape index (κ3) is 3.72. The number of benzene rings is 3. The number of nitrogens with one attached hydrogen (secondary N) is 3. The smallest absolute Gasteiger partial charge is 0.258 e. The number of carbonyl (C=O) groups is 1. The molecule has 0 radical (unpaired) electrons. The van der Waals surface area contributed by atoms with Gasteiger partial charge in [-0.25, -0.2) is 0 Å². The zero-order valence-corrected chi connectivity index (χ0v) is 17.0. The monoisotopic (exact) mass is 433 g/mol. The van der Waals surface area contributed by atoms with Gasteiger partial charge in [0.2, 0.25) is 0 Å². The summed E-state index contributed by atoms with van der Waals surface area (Å²) in [6.07, 6.45) is 0. The zero-order chi connectivity index (χ0) is 19.5. The van der Waals surface area contributed by atoms with Gasteiger partial charge in [0.25, 0.3) is 5.91 Å². The van der Waals surface area contributed by atoms with E-state index in [1.807, 2.05) is 67.7 Å². The van der Waals surface area contributed by atoms with Crippen LogP contribution in [0.25, 0.3) is 11.3 Å². The Balaban J connectivity index is 1.81. The SMILES string of the molecule is CNCc1ccc(NC(=C2C(=O)Nc3cc(Br)ccc32)c2ccccc2)cc1. The van der Waals surface area contributed by atoms with E-state index in [0.717, 1.165) is 39.2 Å². The highest BCUT2D eigenvalue weighted by atomic mass is 79.9. The lowest BCUT2D eigenvalue weighted by molar-refractivity contribution is -0.110. The number of hydrogen-bond acceptors (Lipinski definition) is 3. The fourth-order valence-corrected chi connectivity index (χ4v) is 3.69. The number of fused-ring (bicyclic) bond motifs is 1. The Kier molecular flexibility index (Phi) is 5.28. The molecule has 3 N–H and O–H groups in total. The maximum atomic E-state index is 12.9. The molecule has 1 aliphatic heterocycles. The van der Waals surface area contributed by atoms with Gasteiger partial charge in [0.1, 0.15) is 0 Å². The van der Waals surface area contributed by atoms with Crippen LogP contribution in [-0.4, -0.2) is 13.0 Å². The van der Waals surface area contributed by atoms with E-state index in [-0.39, 0.29) is 5.91 Å². The topological polar surface area (TPSA) is 53.2 Å². The van der Waals surface area contributed by atoms with Gasteiger partial charge in [-0.15, -0.1) is 0 Å². The Labute approximate surface area is 172 Å². The van der Waals surface area contributed by atoms with Crippen molar-refractivity contribution in [2.75, 3.05) is 17.7 Å². The van der Waals surface area contributed by atoms with Crippen LogP contribution >= 0.6 is 15.9 Å². The molecule has 5 heteroatoms. The molecule has 1 heterocycles. The first-order valence-corrected chi connectivity index (χ1v) is 9.86. The molecule has 1 aliphatic rings. The number of halogens is 1. The average Bonchev–Trinajstić information content (AvgIpc) is 3.03. The summed E-state index contributed by atoms with van der Waals surface area (Å²) < 4.78 is 0.933. The number of hydrogen-bond donors (Lipinski definition) is 3. The lowest BCUT2D eigenvalue weighted by atomic mass is 10.00. The van der Waals surface area contributed by atoms with E-state index >= 15 is 0 Å². The van der Waals surface area contributed by atoms with Gasteiger partial charge in [-0.3, -0.25) is 4.79 Å². The Morgan fingerprint density at radius 3 is 2.46 bits per heavy atom. The van der Waals surface area contributed by atoms with Gasteiger partial charge in [-0.1, -0.05) is 64.5 Å². The van der Waals surface area contributed by atoms with Gasteiger partial charge in [-0.2, -0.15) is 0 Å². The maximum Gasteiger partial charge on any atom is 0.258 e. The van der Waals surface area contributed by atoms with Crippen molar-refractivity contribution in [3.8, 4) is 0 Å². The Morgan fingerprint density at radius 1 is 1.00 bits per heavy atom. The Hall–Kier alpha value is -2.89. The van der Waals surface area contributed by atoms with Crippen LogP contribution in [0.4, 0.5) is 11.4 Å². The number of amides is 1. The predicted octanol–water partition coefficient (Wildman–Crippen LogP) is 5.10. The molecule has 4 nitrogen and oxygen atoms in total. The molecule has 3 aromatic carbocycles. The van der Waals surface area contributed by atoms with Crippen LogP contribution in [0.15, 0.2) is 77.3 Å². The average molecular weight is 434 g/mol. The lowest BCUT2D eigenvalue weighted by Crippen LogP contribution is -2.10. The molecular weight excluding hydrogens is 414 g/mol. The molecule has 0 bridgehead atoms. The van der Waals surface area contributed by atoms with Crippen LogP contribution in [-0.2, 0) is 11.3 Å². The van der Waals surface area contributed by atoms with Crippen LogP contribution in [0.3, 0.4) is 0 Å². The summed E-state index contributed by atoms with van der Waals surface area (Å²) in [6.45, 7) is 0.817. The number of carbonyl (C=O) groups excluding carboxylic acids is 1. The van der Waals surface area contributed by atoms with Crippen molar-refractivity contribution in [3.63, 3.8) is 0 Å². The first kappa shape index (κ1) is 18.5. The third-order valence-electron chi connectivity index (χ3n) is 4.64. The predicted molar refractivity (Wildman–Crippen MR) is 119 cm³/mol. The van der Waals surface area contributed by atoms with Crippen molar-refractivity contribution in [1.29, 1.82) is 0 Å². The fraction of sp³-hybridized carbons (Fsp3) is 0.0870. The van der Waals surface area contributed by atoms with Crippen molar-refractivity contribution in [3.05, 3.63) is 94.0 Å². The summed E-state index contributed by atoms with van der Waals surface area (Å²) in [5, 5.41) is 9.60. The lowest BCUT2D eigenvalue weighted by Gasteiger charge is -2.15. The minimum absolute atomic E-state index is 0.105. The molecule has 0 fully saturated rings. The second kappa shape index (κ2) is 8.00. The summed E-state index contributed by atoms with van der Waals surface area (Å²) in [6, 6.07) is 24.0. The second-order valence-corrected chi connectivity index (χ2v) is 7.53. The van der Waals surface area contributed by atoms with Crippen LogP contribution in [0.5, 0.6) is 0 Å². The molecule has 0 saturated carbocycles. The minimum Gasteiger partial charge on any atom is -0.354 e. The third-order valence-corrected chi connectivity index (χ3v) is 5.14. The van der Waals surface area contributed by atoms with Crippen molar-refractivity contribution in [1.82, 2.24) is 5.32 Å². The fourth-order valence-electron chi connectivity index (χ4n) is 3.33. The summed E-state index contributed by atoms with van der Waals surface area (Å²) in [5.41, 5.74) is 6.25. The van der Waals surface area contributed by atoms with Gasteiger partial charge in [-0.05, 0) is 42.4 Å². The largest absolute Gasteiger partial charge is 0.354 e. The molecule has 0 aromatic heterocycles. The maximum absolute atomic E-state index is 12.9. The first-order valence-electron chi connectivity index (χ1n) is 9.07. The van der Waals surface area contributed by atoms with Gasteiger partial charge < -0.3 is 16.0 Å². The highest BCUT2D eigenvalue weighted by Gasteiger charge is 2.28. The van der Waals surface area contributed by atoms with E-state index in [2.05, 4.69) is 44.0 Å². The highest BCUT2D eigenvalue weighted by Crippen LogP contribution is 2.38. The summed E-state index contributed by atoms with van der Waals surface area (Å²) >= 11 is 3.47. The second-order valence-electron chi connectivity index (χ2n) is 6.61. The highest BCUT2D eigenvalue weighted by molar-refractivity contribution is 9.10. The van der Waals surface area contributed by atoms with E-state index < -0.39 is 0 Å². The van der Waals surface area contributed by atoms with Crippen molar-refractivity contribution in [2.45, 2.75) is 6.54 Å². The summed E-state index contributed by atoms with van der Waals surface area (Å²) in [7, 11) is 1.93. The molecule has 140 valence electrons. The van der Waals surface area contributed by atoms with Crippen molar-refractivity contribution >= 4 is 44.5 Å². The van der Waals surface area contributed by atoms with E-state index in [0.29, 0.717) is 5.57 Å². The molecule has 28 heavy (non-hydrogen) atoms. The first-order chi connectivity index (χ1) is 13.7. The van der Waals surface area contributed by atoms with Crippen LogP contribution in [0, 0.1) is 0 Å². The van der Waals surface area contributed by atoms with E-state index in [1.54, 1.807) is 0 Å². The standard InChI is InChI=1S/C23H20BrN3O/c1-25-14-15-7-10-18(11-8-15)26-22(16-5-3-2-4-6-16)21-19-12-9-17(24)13-20(19)27-23(21)28/h2-13,25-26H,14H2,1H3,(H,27,28).